The van der Waals surface area contributed by atoms with E-state index in [-0.39, 0.29) is 12.1 Å². The maximum absolute atomic E-state index is 11.5. The Bertz CT molecular complexity index is 461. The smallest absolute Gasteiger partial charge is 0.321 e. The monoisotopic (exact) mass is 248 g/mol. The number of hydrogen-bond donors (Lipinski definition) is 3. The Labute approximate surface area is 105 Å². The molecule has 0 spiro atoms. The highest BCUT2D eigenvalue weighted by atomic mass is 16.2. The lowest BCUT2D eigenvalue weighted by molar-refractivity contribution is 0.242. The lowest BCUT2D eigenvalue weighted by atomic mass is 10.2. The van der Waals surface area contributed by atoms with Gasteiger partial charge in [-0.1, -0.05) is 12.1 Å². The van der Waals surface area contributed by atoms with E-state index in [1.165, 1.54) is 0 Å². The number of urea groups is 2. The van der Waals surface area contributed by atoms with Crippen LogP contribution in [-0.2, 0) is 6.54 Å². The first-order valence-corrected chi connectivity index (χ1v) is 5.80. The van der Waals surface area contributed by atoms with Crippen molar-refractivity contribution >= 4 is 17.7 Å². The van der Waals surface area contributed by atoms with E-state index < -0.39 is 0 Å². The average Bonchev–Trinajstić information content (AvgIpc) is 2.82. The molecular weight excluding hydrogens is 232 g/mol. The molecule has 1 heterocycles. The molecule has 4 amide bonds. The van der Waals surface area contributed by atoms with Gasteiger partial charge in [0.1, 0.15) is 0 Å². The predicted molar refractivity (Wildman–Crippen MR) is 68.5 cm³/mol. The number of rotatable bonds is 3. The maximum atomic E-state index is 11.5. The third-order valence-electron chi connectivity index (χ3n) is 2.76. The van der Waals surface area contributed by atoms with E-state index >= 15 is 0 Å². The second kappa shape index (κ2) is 5.39. The van der Waals surface area contributed by atoms with Crippen LogP contribution >= 0.6 is 0 Å². The molecule has 0 aromatic heterocycles. The third kappa shape index (κ3) is 2.71. The lowest BCUT2D eigenvalue weighted by Gasteiger charge is -2.15. The number of hydrogen-bond acceptors (Lipinski definition) is 2. The fourth-order valence-electron chi connectivity index (χ4n) is 1.82. The van der Waals surface area contributed by atoms with Crippen LogP contribution in [0.5, 0.6) is 0 Å². The standard InChI is InChI=1S/C12H16N4O2/c1-13-11(17)15-8-9-3-2-4-10(7-9)16-6-5-14-12(16)18/h2-4,7H,5-6,8H2,1H3,(H,14,18)(H2,13,15,17). The van der Waals surface area contributed by atoms with Gasteiger partial charge >= 0.3 is 12.1 Å². The quantitative estimate of drug-likeness (QED) is 0.734. The predicted octanol–water partition coefficient (Wildman–Crippen LogP) is 0.645. The van der Waals surface area contributed by atoms with Crippen LogP contribution in [0.15, 0.2) is 24.3 Å². The number of nitrogens with zero attached hydrogens (tertiary/aromatic N) is 1. The lowest BCUT2D eigenvalue weighted by Crippen LogP contribution is -2.32. The fraction of sp³-hybridized carbons (Fsp3) is 0.333. The molecule has 0 bridgehead atoms. The Morgan fingerprint density at radius 3 is 3.00 bits per heavy atom. The van der Waals surface area contributed by atoms with Crippen LogP contribution in [0.1, 0.15) is 5.56 Å². The number of carbonyl (C=O) groups excluding carboxylic acids is 2. The highest BCUT2D eigenvalue weighted by Crippen LogP contribution is 2.17. The molecule has 1 aromatic rings. The minimum absolute atomic E-state index is 0.0774. The summed E-state index contributed by atoms with van der Waals surface area (Å²) in [6.07, 6.45) is 0. The Hall–Kier alpha value is -2.24. The number of nitrogens with one attached hydrogen (secondary N) is 3. The minimum atomic E-state index is -0.223. The van der Waals surface area contributed by atoms with Crippen molar-refractivity contribution in [2.24, 2.45) is 0 Å². The van der Waals surface area contributed by atoms with Crippen molar-refractivity contribution < 1.29 is 9.59 Å². The minimum Gasteiger partial charge on any atom is -0.341 e. The Kier molecular flexibility index (Phi) is 3.66. The molecule has 1 aliphatic heterocycles. The molecule has 6 heteroatoms. The summed E-state index contributed by atoms with van der Waals surface area (Å²) in [6.45, 7) is 1.77. The molecule has 0 atom stereocenters. The van der Waals surface area contributed by atoms with Crippen LogP contribution in [-0.4, -0.2) is 32.2 Å². The van der Waals surface area contributed by atoms with Gasteiger partial charge in [0.25, 0.3) is 0 Å². The van der Waals surface area contributed by atoms with E-state index in [0.717, 1.165) is 11.3 Å². The van der Waals surface area contributed by atoms with Gasteiger partial charge in [0.2, 0.25) is 0 Å². The summed E-state index contributed by atoms with van der Waals surface area (Å²) in [6, 6.07) is 7.27. The fourth-order valence-corrected chi connectivity index (χ4v) is 1.82. The zero-order valence-corrected chi connectivity index (χ0v) is 10.2. The van der Waals surface area contributed by atoms with Gasteiger partial charge in [0, 0.05) is 32.4 Å². The van der Waals surface area contributed by atoms with Crippen molar-refractivity contribution in [2.75, 3.05) is 25.0 Å². The zero-order chi connectivity index (χ0) is 13.0. The van der Waals surface area contributed by atoms with Gasteiger partial charge in [0.05, 0.1) is 0 Å². The zero-order valence-electron chi connectivity index (χ0n) is 10.2. The van der Waals surface area contributed by atoms with Crippen LogP contribution in [0.25, 0.3) is 0 Å². The topological polar surface area (TPSA) is 73.5 Å². The SMILES string of the molecule is CNC(=O)NCc1cccc(N2CCNC2=O)c1. The summed E-state index contributed by atoms with van der Waals surface area (Å²) in [4.78, 5) is 24.3. The maximum Gasteiger partial charge on any atom is 0.321 e. The van der Waals surface area contributed by atoms with Gasteiger partial charge in [0.15, 0.2) is 0 Å². The van der Waals surface area contributed by atoms with Gasteiger partial charge in [-0.25, -0.2) is 9.59 Å². The largest absolute Gasteiger partial charge is 0.341 e. The van der Waals surface area contributed by atoms with Crippen molar-refractivity contribution in [1.82, 2.24) is 16.0 Å². The van der Waals surface area contributed by atoms with Crippen molar-refractivity contribution in [2.45, 2.75) is 6.54 Å². The Morgan fingerprint density at radius 2 is 2.33 bits per heavy atom. The first-order valence-electron chi connectivity index (χ1n) is 5.80. The van der Waals surface area contributed by atoms with Crippen LogP contribution in [0.4, 0.5) is 15.3 Å². The molecule has 0 aliphatic carbocycles. The molecule has 96 valence electrons. The Balaban J connectivity index is 2.05. The van der Waals surface area contributed by atoms with Crippen LogP contribution in [0, 0.1) is 0 Å². The molecule has 1 aromatic carbocycles. The summed E-state index contributed by atoms with van der Waals surface area (Å²) >= 11 is 0. The molecule has 0 unspecified atom stereocenters. The highest BCUT2D eigenvalue weighted by molar-refractivity contribution is 5.94. The Morgan fingerprint density at radius 1 is 1.50 bits per heavy atom. The van der Waals surface area contributed by atoms with E-state index in [0.29, 0.717) is 19.6 Å². The highest BCUT2D eigenvalue weighted by Gasteiger charge is 2.20. The van der Waals surface area contributed by atoms with Crippen LogP contribution in [0.2, 0.25) is 0 Å². The van der Waals surface area contributed by atoms with Gasteiger partial charge < -0.3 is 16.0 Å². The van der Waals surface area contributed by atoms with Crippen molar-refractivity contribution in [1.29, 1.82) is 0 Å². The molecule has 2 rings (SSSR count). The van der Waals surface area contributed by atoms with Crippen LogP contribution < -0.4 is 20.9 Å². The molecule has 1 aliphatic rings. The summed E-state index contributed by atoms with van der Waals surface area (Å²) in [5.41, 5.74) is 1.80. The van der Waals surface area contributed by atoms with E-state index in [4.69, 9.17) is 0 Å². The molecule has 1 fully saturated rings. The number of anilines is 1. The summed E-state index contributed by atoms with van der Waals surface area (Å²) in [5.74, 6) is 0. The van der Waals surface area contributed by atoms with Crippen molar-refractivity contribution in [3.63, 3.8) is 0 Å². The molecule has 0 saturated carbocycles. The molecule has 1 saturated heterocycles. The van der Waals surface area contributed by atoms with Crippen molar-refractivity contribution in [3.05, 3.63) is 29.8 Å². The number of benzene rings is 1. The molecule has 3 N–H and O–H groups in total. The van der Waals surface area contributed by atoms with Gasteiger partial charge in [-0.15, -0.1) is 0 Å². The van der Waals surface area contributed by atoms with Crippen LogP contribution in [0.3, 0.4) is 0 Å². The molecular formula is C12H16N4O2. The van der Waals surface area contributed by atoms with Gasteiger partial charge in [-0.05, 0) is 17.7 Å². The van der Waals surface area contributed by atoms with Gasteiger partial charge in [-0.2, -0.15) is 0 Å². The average molecular weight is 248 g/mol. The summed E-state index contributed by atoms with van der Waals surface area (Å²) < 4.78 is 0. The summed E-state index contributed by atoms with van der Waals surface area (Å²) in [7, 11) is 1.57. The summed E-state index contributed by atoms with van der Waals surface area (Å²) in [5, 5.41) is 7.95. The molecule has 18 heavy (non-hydrogen) atoms. The second-order valence-electron chi connectivity index (χ2n) is 3.99. The molecule has 6 nitrogen and oxygen atoms in total. The van der Waals surface area contributed by atoms with E-state index in [1.54, 1.807) is 11.9 Å². The van der Waals surface area contributed by atoms with E-state index in [2.05, 4.69) is 16.0 Å². The van der Waals surface area contributed by atoms with Crippen molar-refractivity contribution in [3.8, 4) is 0 Å². The normalized spacial score (nSPS) is 14.3. The second-order valence-corrected chi connectivity index (χ2v) is 3.99. The first-order chi connectivity index (χ1) is 8.70. The number of carbonyl (C=O) groups is 2. The first kappa shape index (κ1) is 12.2. The number of amides is 4. The molecule has 0 radical (unpaired) electrons. The van der Waals surface area contributed by atoms with Gasteiger partial charge in [-0.3, -0.25) is 4.90 Å². The van der Waals surface area contributed by atoms with E-state index in [1.807, 2.05) is 24.3 Å². The van der Waals surface area contributed by atoms with E-state index in [9.17, 15) is 9.59 Å². The third-order valence-corrected chi connectivity index (χ3v) is 2.76.